The van der Waals surface area contributed by atoms with Crippen molar-refractivity contribution >= 4 is 18.7 Å². The molecule has 1 heterocycles. The van der Waals surface area contributed by atoms with Gasteiger partial charge < -0.3 is 20.7 Å². The van der Waals surface area contributed by atoms with Gasteiger partial charge in [0.1, 0.15) is 11.9 Å². The second-order valence-electron chi connectivity index (χ2n) is 6.52. The average Bonchev–Trinajstić information content (AvgIpc) is 3.09. The smallest absolute Gasteiger partial charge is 0.407 e. The third kappa shape index (κ3) is 6.91. The molecule has 1 amide bonds. The van der Waals surface area contributed by atoms with Gasteiger partial charge in [-0.1, -0.05) is 43.5 Å². The molecule has 0 bridgehead atoms. The third-order valence-electron chi connectivity index (χ3n) is 4.44. The van der Waals surface area contributed by atoms with Crippen molar-refractivity contribution in [3.05, 3.63) is 60.4 Å². The third-order valence-corrected chi connectivity index (χ3v) is 4.91. The topological polar surface area (TPSA) is 86.2 Å². The molecule has 0 aliphatic carbocycles. The number of rotatable bonds is 9. The van der Waals surface area contributed by atoms with Crippen LogP contribution in [0.3, 0.4) is 0 Å². The van der Waals surface area contributed by atoms with Gasteiger partial charge in [0.2, 0.25) is 0 Å². The van der Waals surface area contributed by atoms with Gasteiger partial charge in [-0.05, 0) is 18.4 Å². The molecule has 0 radical (unpaired) electrons. The molecule has 27 heavy (non-hydrogen) atoms. The number of nitrogens with zero attached hydrogens (tertiary/aromatic N) is 1. The first-order valence-electron chi connectivity index (χ1n) is 8.88. The summed E-state index contributed by atoms with van der Waals surface area (Å²) in [6, 6.07) is 11.4. The summed E-state index contributed by atoms with van der Waals surface area (Å²) >= 11 is 4.36. The summed E-state index contributed by atoms with van der Waals surface area (Å²) in [7, 11) is 0. The predicted molar refractivity (Wildman–Crippen MR) is 109 cm³/mol. The van der Waals surface area contributed by atoms with Gasteiger partial charge in [-0.15, -0.1) is 0 Å². The molecule has 0 saturated carbocycles. The number of benzene rings is 1. The molecule has 1 aliphatic rings. The second-order valence-corrected chi connectivity index (χ2v) is 7.07. The Balaban J connectivity index is 1.76. The molecule has 1 aromatic rings. The molecule has 1 aromatic carbocycles. The van der Waals surface area contributed by atoms with Crippen LogP contribution in [0.5, 0.6) is 0 Å². The molecule has 6 nitrogen and oxygen atoms in total. The van der Waals surface area contributed by atoms with Crippen LogP contribution in [0.15, 0.2) is 54.9 Å². The van der Waals surface area contributed by atoms with E-state index in [0.717, 1.165) is 30.6 Å². The number of nitriles is 1. The molecule has 1 aliphatic heterocycles. The van der Waals surface area contributed by atoms with Gasteiger partial charge in [0.05, 0.1) is 18.7 Å². The highest BCUT2D eigenvalue weighted by Crippen LogP contribution is 2.25. The van der Waals surface area contributed by atoms with Crippen molar-refractivity contribution in [2.45, 2.75) is 30.7 Å². The fourth-order valence-electron chi connectivity index (χ4n) is 2.92. The van der Waals surface area contributed by atoms with E-state index in [9.17, 15) is 10.1 Å². The summed E-state index contributed by atoms with van der Waals surface area (Å²) in [5, 5.41) is 17.8. The van der Waals surface area contributed by atoms with Crippen LogP contribution in [0, 0.1) is 17.2 Å². The summed E-state index contributed by atoms with van der Waals surface area (Å²) in [6.07, 6.45) is 1.19. The maximum absolute atomic E-state index is 11.8. The lowest BCUT2D eigenvalue weighted by Gasteiger charge is -2.25. The first-order chi connectivity index (χ1) is 13.0. The minimum Gasteiger partial charge on any atom is -0.445 e. The minimum atomic E-state index is -0.519. The Kier molecular flexibility index (Phi) is 8.08. The first kappa shape index (κ1) is 20.7. The molecular formula is C20H26N4O2S. The number of hydrogen-bond acceptors (Lipinski definition) is 6. The van der Waals surface area contributed by atoms with E-state index < -0.39 is 11.3 Å². The maximum Gasteiger partial charge on any atom is 0.407 e. The van der Waals surface area contributed by atoms with Crippen molar-refractivity contribution in [1.82, 2.24) is 16.0 Å². The molecular weight excluding hydrogens is 360 g/mol. The summed E-state index contributed by atoms with van der Waals surface area (Å²) in [5.41, 5.74) is 2.51. The number of nitrogens with one attached hydrogen (secondary N) is 3. The Morgan fingerprint density at radius 3 is 2.81 bits per heavy atom. The monoisotopic (exact) mass is 386 g/mol. The van der Waals surface area contributed by atoms with Gasteiger partial charge in [-0.2, -0.15) is 17.9 Å². The minimum absolute atomic E-state index is 0.186. The van der Waals surface area contributed by atoms with Crippen molar-refractivity contribution in [1.29, 1.82) is 5.26 Å². The van der Waals surface area contributed by atoms with Crippen molar-refractivity contribution < 1.29 is 9.53 Å². The van der Waals surface area contributed by atoms with E-state index >= 15 is 0 Å². The Labute approximate surface area is 166 Å². The fraction of sp³-hybridized carbons (Fsp3) is 0.400. The number of amides is 1. The van der Waals surface area contributed by atoms with Crippen molar-refractivity contribution in [2.75, 3.05) is 13.1 Å². The van der Waals surface area contributed by atoms with E-state index in [-0.39, 0.29) is 19.2 Å². The zero-order chi connectivity index (χ0) is 19.6. The number of hydrogen-bond donors (Lipinski definition) is 4. The van der Waals surface area contributed by atoms with E-state index in [2.05, 4.69) is 47.8 Å². The number of ether oxygens (including phenoxy) is 1. The average molecular weight is 387 g/mol. The molecule has 3 unspecified atom stereocenters. The van der Waals surface area contributed by atoms with Gasteiger partial charge in [0.15, 0.2) is 0 Å². The van der Waals surface area contributed by atoms with E-state index in [0.29, 0.717) is 11.6 Å². The summed E-state index contributed by atoms with van der Waals surface area (Å²) in [4.78, 5) is 11.8. The van der Waals surface area contributed by atoms with Crippen LogP contribution < -0.4 is 16.0 Å². The van der Waals surface area contributed by atoms with E-state index in [1.807, 2.05) is 30.3 Å². The molecule has 3 atom stereocenters. The van der Waals surface area contributed by atoms with Crippen LogP contribution in [0.4, 0.5) is 4.79 Å². The van der Waals surface area contributed by atoms with Gasteiger partial charge >= 0.3 is 6.09 Å². The summed E-state index contributed by atoms with van der Waals surface area (Å²) < 4.78 is 5.17. The second kappa shape index (κ2) is 10.5. The van der Waals surface area contributed by atoms with Crippen LogP contribution in [-0.4, -0.2) is 30.5 Å². The number of thiol groups is 1. The summed E-state index contributed by atoms with van der Waals surface area (Å²) in [5.74, 6) is 0.294. The molecule has 3 N–H and O–H groups in total. The first-order valence-corrected chi connectivity index (χ1v) is 9.40. The zero-order valence-corrected chi connectivity index (χ0v) is 16.2. The van der Waals surface area contributed by atoms with Gasteiger partial charge in [0.25, 0.3) is 0 Å². The van der Waals surface area contributed by atoms with Gasteiger partial charge in [-0.3, -0.25) is 0 Å². The Hall–Kier alpha value is -2.59. The molecule has 144 valence electrons. The number of carbonyl (C=O) groups excluding carboxylic acids is 1. The standard InChI is InChI=1S/C20H26N4O2S/c1-14(12-23-20(25)26-13-16-6-4-3-5-7-16)24-18(19(27)11-21)10-17-8-9-22-15(17)2/h3-7,17-19,22,24,27H,1-2,8-10,12-13H2,(H,23,25). The maximum atomic E-state index is 11.8. The molecule has 0 spiro atoms. The van der Waals surface area contributed by atoms with E-state index in [1.54, 1.807) is 0 Å². The van der Waals surface area contributed by atoms with Crippen LogP contribution in [0.2, 0.25) is 0 Å². The van der Waals surface area contributed by atoms with Gasteiger partial charge in [-0.25, -0.2) is 4.79 Å². The van der Waals surface area contributed by atoms with Crippen molar-refractivity contribution in [2.24, 2.45) is 5.92 Å². The van der Waals surface area contributed by atoms with Crippen LogP contribution in [0.1, 0.15) is 18.4 Å². The lowest BCUT2D eigenvalue weighted by atomic mass is 9.95. The Morgan fingerprint density at radius 1 is 1.44 bits per heavy atom. The normalized spacial score (nSPS) is 17.9. The lowest BCUT2D eigenvalue weighted by Crippen LogP contribution is -2.40. The zero-order valence-electron chi connectivity index (χ0n) is 15.3. The van der Waals surface area contributed by atoms with Crippen LogP contribution in [-0.2, 0) is 11.3 Å². The van der Waals surface area contributed by atoms with Crippen molar-refractivity contribution in [3.63, 3.8) is 0 Å². The van der Waals surface area contributed by atoms with Crippen LogP contribution >= 0.6 is 12.6 Å². The predicted octanol–water partition coefficient (Wildman–Crippen LogP) is 2.72. The van der Waals surface area contributed by atoms with E-state index in [4.69, 9.17) is 4.74 Å². The fourth-order valence-corrected chi connectivity index (χ4v) is 3.11. The molecule has 1 saturated heterocycles. The Morgan fingerprint density at radius 2 is 2.19 bits per heavy atom. The number of carbonyl (C=O) groups is 1. The molecule has 2 rings (SSSR count). The SMILES string of the molecule is C=C(CNC(=O)OCc1ccccc1)NC(CC1CCNC1=C)C(S)C#N. The summed E-state index contributed by atoms with van der Waals surface area (Å²) in [6.45, 7) is 9.26. The number of alkyl carbamates (subject to hydrolysis) is 1. The van der Waals surface area contributed by atoms with Crippen LogP contribution in [0.25, 0.3) is 0 Å². The highest BCUT2D eigenvalue weighted by atomic mass is 32.1. The highest BCUT2D eigenvalue weighted by Gasteiger charge is 2.27. The number of allylic oxidation sites excluding steroid dienone is 1. The quantitative estimate of drug-likeness (QED) is 0.490. The highest BCUT2D eigenvalue weighted by molar-refractivity contribution is 7.81. The van der Waals surface area contributed by atoms with E-state index in [1.165, 1.54) is 0 Å². The van der Waals surface area contributed by atoms with Gasteiger partial charge in [0, 0.05) is 23.9 Å². The Bertz CT molecular complexity index is 702. The molecule has 7 heteroatoms. The largest absolute Gasteiger partial charge is 0.445 e. The van der Waals surface area contributed by atoms with Crippen molar-refractivity contribution in [3.8, 4) is 6.07 Å². The molecule has 0 aromatic heterocycles. The molecule has 1 fully saturated rings. The lowest BCUT2D eigenvalue weighted by molar-refractivity contribution is 0.140.